The highest BCUT2D eigenvalue weighted by atomic mass is 16.5. The van der Waals surface area contributed by atoms with E-state index in [1.807, 2.05) is 0 Å². The molecule has 0 saturated heterocycles. The van der Waals surface area contributed by atoms with Gasteiger partial charge in [0.05, 0.1) is 48.0 Å². The average molecular weight is 402 g/mol. The summed E-state index contributed by atoms with van der Waals surface area (Å²) < 4.78 is 18.6. The van der Waals surface area contributed by atoms with Gasteiger partial charge in [0.25, 0.3) is 22.2 Å². The molecule has 2 aromatic heterocycles. The molecular formula is C20H22N2O7. The topological polar surface area (TPSA) is 106 Å². The van der Waals surface area contributed by atoms with Gasteiger partial charge in [-0.1, -0.05) is 0 Å². The summed E-state index contributed by atoms with van der Waals surface area (Å²) in [7, 11) is 0. The van der Waals surface area contributed by atoms with Crippen LogP contribution in [0.15, 0.2) is 31.3 Å². The minimum absolute atomic E-state index is 0.170. The lowest BCUT2D eigenvalue weighted by Crippen LogP contribution is -2.27. The molecule has 6 bridgehead atoms. The molecule has 154 valence electrons. The van der Waals surface area contributed by atoms with Gasteiger partial charge in [-0.15, -0.1) is 0 Å². The maximum Gasteiger partial charge on any atom is 0.261 e. The van der Waals surface area contributed by atoms with E-state index >= 15 is 0 Å². The first-order valence-corrected chi connectivity index (χ1v) is 9.73. The molecule has 0 N–H and O–H groups in total. The van der Waals surface area contributed by atoms with Gasteiger partial charge in [0.1, 0.15) is 0 Å². The normalized spacial score (nSPS) is 17.8. The van der Waals surface area contributed by atoms with Crippen molar-refractivity contribution >= 4 is 21.5 Å². The Morgan fingerprint density at radius 2 is 0.828 bits per heavy atom. The van der Waals surface area contributed by atoms with Crippen LogP contribution in [0.1, 0.15) is 12.8 Å². The number of aromatic nitrogens is 2. The van der Waals surface area contributed by atoms with Crippen molar-refractivity contribution in [3.63, 3.8) is 0 Å². The Bertz CT molecular complexity index is 1060. The van der Waals surface area contributed by atoms with Crippen molar-refractivity contribution in [1.82, 2.24) is 9.13 Å². The Hall–Kier alpha value is -2.62. The molecule has 2 aliphatic heterocycles. The quantitative estimate of drug-likeness (QED) is 0.478. The van der Waals surface area contributed by atoms with E-state index in [0.29, 0.717) is 52.5 Å². The van der Waals surface area contributed by atoms with Gasteiger partial charge in [0.2, 0.25) is 0 Å². The highest BCUT2D eigenvalue weighted by Gasteiger charge is 2.19. The predicted molar refractivity (Wildman–Crippen MR) is 107 cm³/mol. The standard InChI is InChI=1S/C20H22N2O7/c23-17-13-11-15-16-12-14(13)18(24)21(17)3-1-5-27-7-9-29-10-8-28-6-2-4-22(19(15)25)20(16)26/h11-12H,1-10H2. The van der Waals surface area contributed by atoms with Gasteiger partial charge < -0.3 is 14.2 Å². The minimum Gasteiger partial charge on any atom is -0.379 e. The molecule has 9 nitrogen and oxygen atoms in total. The number of hydrogen-bond donors (Lipinski definition) is 0. The fourth-order valence-electron chi connectivity index (χ4n) is 3.67. The van der Waals surface area contributed by atoms with Crippen LogP contribution in [0.25, 0.3) is 21.5 Å². The molecule has 0 radical (unpaired) electrons. The van der Waals surface area contributed by atoms with Gasteiger partial charge >= 0.3 is 0 Å². The van der Waals surface area contributed by atoms with Crippen LogP contribution in [-0.4, -0.2) is 48.8 Å². The van der Waals surface area contributed by atoms with Crippen molar-refractivity contribution < 1.29 is 14.2 Å². The van der Waals surface area contributed by atoms with Gasteiger partial charge in [-0.3, -0.25) is 28.3 Å². The summed E-state index contributed by atoms with van der Waals surface area (Å²) in [5.41, 5.74) is -1.79. The van der Waals surface area contributed by atoms with E-state index in [2.05, 4.69) is 0 Å². The van der Waals surface area contributed by atoms with Crippen molar-refractivity contribution in [3.8, 4) is 0 Å². The van der Waals surface area contributed by atoms with Crippen LogP contribution >= 0.6 is 0 Å². The molecule has 1 aromatic carbocycles. The molecule has 3 aromatic rings. The summed E-state index contributed by atoms with van der Waals surface area (Å²) in [4.78, 5) is 50.7. The smallest absolute Gasteiger partial charge is 0.261 e. The SMILES string of the molecule is O=c1c2cc3c(=O)n4c(=O)c3cc2c(=O)n1CCCOCCOCCOCCC4. The van der Waals surface area contributed by atoms with Gasteiger partial charge in [0.15, 0.2) is 0 Å². The van der Waals surface area contributed by atoms with Crippen LogP contribution in [0.2, 0.25) is 0 Å². The number of fused-ring (bicyclic) bond motifs is 12. The van der Waals surface area contributed by atoms with E-state index in [9.17, 15) is 19.2 Å². The summed E-state index contributed by atoms with van der Waals surface area (Å²) in [6.07, 6.45) is 0.972. The molecule has 0 atom stereocenters. The summed E-state index contributed by atoms with van der Waals surface area (Å²) in [5.74, 6) is 0. The van der Waals surface area contributed by atoms with Crippen molar-refractivity contribution in [3.05, 3.63) is 53.5 Å². The van der Waals surface area contributed by atoms with E-state index < -0.39 is 22.2 Å². The Morgan fingerprint density at radius 3 is 1.17 bits per heavy atom. The lowest BCUT2D eigenvalue weighted by Gasteiger charge is -2.07. The molecule has 0 aliphatic carbocycles. The Morgan fingerprint density at radius 1 is 0.517 bits per heavy atom. The molecule has 0 saturated carbocycles. The summed E-state index contributed by atoms with van der Waals surface area (Å²) in [5, 5.41) is 0.681. The zero-order valence-corrected chi connectivity index (χ0v) is 16.0. The van der Waals surface area contributed by atoms with E-state index in [0.717, 1.165) is 9.13 Å². The fraction of sp³-hybridized carbons (Fsp3) is 0.500. The first-order chi connectivity index (χ1) is 14.1. The highest BCUT2D eigenvalue weighted by molar-refractivity contribution is 5.97. The van der Waals surface area contributed by atoms with E-state index in [-0.39, 0.29) is 34.6 Å². The van der Waals surface area contributed by atoms with Crippen LogP contribution < -0.4 is 22.2 Å². The van der Waals surface area contributed by atoms with E-state index in [4.69, 9.17) is 14.2 Å². The van der Waals surface area contributed by atoms with Gasteiger partial charge in [0, 0.05) is 26.3 Å². The molecule has 0 amide bonds. The lowest BCUT2D eigenvalue weighted by molar-refractivity contribution is 0.0128. The van der Waals surface area contributed by atoms with Gasteiger partial charge in [-0.25, -0.2) is 0 Å². The van der Waals surface area contributed by atoms with Crippen molar-refractivity contribution in [1.29, 1.82) is 0 Å². The molecule has 4 heterocycles. The van der Waals surface area contributed by atoms with Crippen LogP contribution in [-0.2, 0) is 27.3 Å². The predicted octanol–water partition coefficient (Wildman–Crippen LogP) is -0.244. The zero-order valence-electron chi connectivity index (χ0n) is 16.0. The third-order valence-corrected chi connectivity index (χ3v) is 5.14. The first kappa shape index (κ1) is 19.7. The average Bonchev–Trinajstić information content (AvgIpc) is 3.09. The molecule has 2 aliphatic rings. The molecule has 0 fully saturated rings. The molecule has 29 heavy (non-hydrogen) atoms. The summed E-state index contributed by atoms with van der Waals surface area (Å²) in [6.45, 7) is 2.89. The van der Waals surface area contributed by atoms with Crippen LogP contribution in [0.4, 0.5) is 0 Å². The van der Waals surface area contributed by atoms with Gasteiger partial charge in [-0.05, 0) is 25.0 Å². The molecule has 5 rings (SSSR count). The molecule has 0 unspecified atom stereocenters. The summed E-state index contributed by atoms with van der Waals surface area (Å²) >= 11 is 0. The fourth-order valence-corrected chi connectivity index (χ4v) is 3.67. The van der Waals surface area contributed by atoms with Crippen LogP contribution in [0.3, 0.4) is 0 Å². The second-order valence-corrected chi connectivity index (χ2v) is 7.01. The second-order valence-electron chi connectivity index (χ2n) is 7.01. The number of hydrogen-bond acceptors (Lipinski definition) is 7. The highest BCUT2D eigenvalue weighted by Crippen LogP contribution is 2.14. The van der Waals surface area contributed by atoms with Crippen LogP contribution in [0.5, 0.6) is 0 Å². The summed E-state index contributed by atoms with van der Waals surface area (Å²) in [6, 6.07) is 2.77. The van der Waals surface area contributed by atoms with Crippen molar-refractivity contribution in [2.24, 2.45) is 0 Å². The first-order valence-electron chi connectivity index (χ1n) is 9.73. The van der Waals surface area contributed by atoms with E-state index in [1.54, 1.807) is 0 Å². The molecule has 9 heteroatoms. The van der Waals surface area contributed by atoms with Crippen molar-refractivity contribution in [2.75, 3.05) is 39.6 Å². The lowest BCUT2D eigenvalue weighted by atomic mass is 10.1. The van der Waals surface area contributed by atoms with Crippen molar-refractivity contribution in [2.45, 2.75) is 25.9 Å². The molecule has 0 spiro atoms. The minimum atomic E-state index is -0.447. The van der Waals surface area contributed by atoms with E-state index in [1.165, 1.54) is 12.1 Å². The number of rotatable bonds is 0. The number of ether oxygens (including phenoxy) is 3. The molecular weight excluding hydrogens is 380 g/mol. The number of benzene rings is 1. The van der Waals surface area contributed by atoms with Crippen LogP contribution in [0, 0.1) is 0 Å². The second kappa shape index (κ2) is 8.40. The number of nitrogens with zero attached hydrogens (tertiary/aromatic N) is 2. The monoisotopic (exact) mass is 402 g/mol. The largest absolute Gasteiger partial charge is 0.379 e. The Kier molecular flexibility index (Phi) is 5.70. The Labute approximate surface area is 164 Å². The maximum atomic E-state index is 12.7. The zero-order chi connectivity index (χ0) is 20.4. The maximum absolute atomic E-state index is 12.7. The third kappa shape index (κ3) is 3.68. The Balaban J connectivity index is 1.76. The third-order valence-electron chi connectivity index (χ3n) is 5.14. The van der Waals surface area contributed by atoms with Gasteiger partial charge in [-0.2, -0.15) is 0 Å².